The van der Waals surface area contributed by atoms with Gasteiger partial charge in [-0.3, -0.25) is 10.1 Å². The summed E-state index contributed by atoms with van der Waals surface area (Å²) < 4.78 is 0. The molecular weight excluding hydrogens is 222 g/mol. The first-order valence-corrected chi connectivity index (χ1v) is 7.08. The Kier molecular flexibility index (Phi) is 2.85. The zero-order chi connectivity index (χ0) is 11.1. The van der Waals surface area contributed by atoms with Crippen molar-refractivity contribution in [2.75, 3.05) is 13.2 Å². The van der Waals surface area contributed by atoms with Gasteiger partial charge in [0, 0.05) is 30.8 Å². The van der Waals surface area contributed by atoms with E-state index < -0.39 is 0 Å². The van der Waals surface area contributed by atoms with Crippen LogP contribution in [0, 0.1) is 17.8 Å². The topological polar surface area (TPSA) is 67.2 Å². The molecule has 1 amide bonds. The minimum Gasteiger partial charge on any atom is -0.370 e. The second-order valence-corrected chi connectivity index (χ2v) is 6.56. The molecule has 3 aliphatic rings. The van der Waals surface area contributed by atoms with Gasteiger partial charge in [0.15, 0.2) is 0 Å². The van der Waals surface area contributed by atoms with Gasteiger partial charge < -0.3 is 11.1 Å². The summed E-state index contributed by atoms with van der Waals surface area (Å²) in [5, 5.41) is 8.28. The summed E-state index contributed by atoms with van der Waals surface area (Å²) in [6, 6.07) is 0. The molecule has 5 heteroatoms. The number of fused-ring (bicyclic) bond motifs is 3. The average Bonchev–Trinajstić information content (AvgIpc) is 2.77. The number of thioether (sulfide) groups is 1. The Labute approximate surface area is 100 Å². The SMILES string of the molecule is NC(=O)C[C@H]1CCC2SC3NCNCC3C21. The van der Waals surface area contributed by atoms with E-state index in [4.69, 9.17) is 5.73 Å². The smallest absolute Gasteiger partial charge is 0.217 e. The Bertz CT molecular complexity index is 299. The molecule has 2 saturated heterocycles. The number of nitrogens with two attached hydrogens (primary N) is 1. The molecule has 0 bridgehead atoms. The van der Waals surface area contributed by atoms with E-state index in [-0.39, 0.29) is 5.91 Å². The summed E-state index contributed by atoms with van der Waals surface area (Å²) in [7, 11) is 0. The molecule has 3 fully saturated rings. The van der Waals surface area contributed by atoms with Crippen LogP contribution < -0.4 is 16.4 Å². The van der Waals surface area contributed by atoms with Crippen LogP contribution in [0.2, 0.25) is 0 Å². The van der Waals surface area contributed by atoms with Crippen LogP contribution in [0.5, 0.6) is 0 Å². The highest BCUT2D eigenvalue weighted by Crippen LogP contribution is 2.54. The monoisotopic (exact) mass is 241 g/mol. The predicted octanol–water partition coefficient (Wildman–Crippen LogP) is 0.0960. The van der Waals surface area contributed by atoms with Gasteiger partial charge >= 0.3 is 0 Å². The van der Waals surface area contributed by atoms with E-state index in [0.29, 0.717) is 29.5 Å². The third kappa shape index (κ3) is 1.75. The molecule has 2 heterocycles. The first-order valence-electron chi connectivity index (χ1n) is 6.13. The number of hydrogen-bond acceptors (Lipinski definition) is 4. The first-order chi connectivity index (χ1) is 7.75. The van der Waals surface area contributed by atoms with E-state index in [9.17, 15) is 4.79 Å². The maximum atomic E-state index is 11.1. The fraction of sp³-hybridized carbons (Fsp3) is 0.909. The van der Waals surface area contributed by atoms with Gasteiger partial charge in [-0.1, -0.05) is 0 Å². The lowest BCUT2D eigenvalue weighted by molar-refractivity contribution is -0.119. The number of nitrogens with one attached hydrogen (secondary N) is 2. The lowest BCUT2D eigenvalue weighted by Crippen LogP contribution is -2.50. The summed E-state index contributed by atoms with van der Waals surface area (Å²) in [6.45, 7) is 2.02. The van der Waals surface area contributed by atoms with Gasteiger partial charge in [-0.15, -0.1) is 11.8 Å². The maximum absolute atomic E-state index is 11.1. The molecular formula is C11H19N3OS. The van der Waals surface area contributed by atoms with Crippen molar-refractivity contribution in [1.29, 1.82) is 0 Å². The number of rotatable bonds is 2. The summed E-state index contributed by atoms with van der Waals surface area (Å²) in [4.78, 5) is 11.1. The number of primary amides is 1. The molecule has 0 spiro atoms. The molecule has 4 nitrogen and oxygen atoms in total. The van der Waals surface area contributed by atoms with Crippen molar-refractivity contribution in [3.63, 3.8) is 0 Å². The van der Waals surface area contributed by atoms with Gasteiger partial charge in [0.25, 0.3) is 0 Å². The van der Waals surface area contributed by atoms with Crippen LogP contribution >= 0.6 is 11.8 Å². The molecule has 90 valence electrons. The van der Waals surface area contributed by atoms with Gasteiger partial charge in [0.2, 0.25) is 5.91 Å². The van der Waals surface area contributed by atoms with Crippen LogP contribution in [0.3, 0.4) is 0 Å². The summed E-state index contributed by atoms with van der Waals surface area (Å²) >= 11 is 2.09. The lowest BCUT2D eigenvalue weighted by Gasteiger charge is -2.32. The van der Waals surface area contributed by atoms with Crippen LogP contribution in [0.1, 0.15) is 19.3 Å². The van der Waals surface area contributed by atoms with Crippen molar-refractivity contribution in [1.82, 2.24) is 10.6 Å². The zero-order valence-corrected chi connectivity index (χ0v) is 10.1. The van der Waals surface area contributed by atoms with Gasteiger partial charge in [-0.25, -0.2) is 0 Å². The molecule has 4 unspecified atom stereocenters. The lowest BCUT2D eigenvalue weighted by atomic mass is 9.81. The highest BCUT2D eigenvalue weighted by Gasteiger charge is 2.51. The van der Waals surface area contributed by atoms with Crippen LogP contribution in [0.4, 0.5) is 0 Å². The Balaban J connectivity index is 1.74. The third-order valence-corrected chi connectivity index (χ3v) is 5.98. The predicted molar refractivity (Wildman–Crippen MR) is 64.7 cm³/mol. The second-order valence-electron chi connectivity index (χ2n) is 5.18. The molecule has 1 saturated carbocycles. The summed E-state index contributed by atoms with van der Waals surface area (Å²) in [6.07, 6.45) is 3.04. The van der Waals surface area contributed by atoms with Gasteiger partial charge in [0.05, 0.1) is 5.37 Å². The quantitative estimate of drug-likeness (QED) is 0.641. The Morgan fingerprint density at radius 3 is 3.12 bits per heavy atom. The zero-order valence-electron chi connectivity index (χ0n) is 9.32. The minimum absolute atomic E-state index is 0.129. The van der Waals surface area contributed by atoms with Gasteiger partial charge in [-0.05, 0) is 24.7 Å². The molecule has 4 N–H and O–H groups in total. The van der Waals surface area contributed by atoms with Gasteiger partial charge in [-0.2, -0.15) is 0 Å². The van der Waals surface area contributed by atoms with E-state index in [2.05, 4.69) is 22.4 Å². The number of carbonyl (C=O) groups excluding carboxylic acids is 1. The highest BCUT2D eigenvalue weighted by molar-refractivity contribution is 8.00. The first kappa shape index (κ1) is 10.9. The minimum atomic E-state index is -0.129. The maximum Gasteiger partial charge on any atom is 0.217 e. The number of amides is 1. The Morgan fingerprint density at radius 1 is 1.44 bits per heavy atom. The highest BCUT2D eigenvalue weighted by atomic mass is 32.2. The molecule has 5 atom stereocenters. The van der Waals surface area contributed by atoms with Crippen molar-refractivity contribution in [2.45, 2.75) is 29.9 Å². The normalized spacial score (nSPS) is 46.4. The Hall–Kier alpha value is -0.260. The number of hydrogen-bond donors (Lipinski definition) is 3. The molecule has 0 aromatic heterocycles. The van der Waals surface area contributed by atoms with Crippen LogP contribution in [0.25, 0.3) is 0 Å². The van der Waals surface area contributed by atoms with Crippen molar-refractivity contribution in [3.8, 4) is 0 Å². The molecule has 2 aliphatic heterocycles. The van der Waals surface area contributed by atoms with E-state index in [1.54, 1.807) is 0 Å². The molecule has 16 heavy (non-hydrogen) atoms. The van der Waals surface area contributed by atoms with E-state index >= 15 is 0 Å². The number of carbonyl (C=O) groups is 1. The summed E-state index contributed by atoms with van der Waals surface area (Å²) in [5.74, 6) is 1.79. The third-order valence-electron chi connectivity index (χ3n) is 4.27. The second kappa shape index (κ2) is 4.20. The average molecular weight is 241 g/mol. The largest absolute Gasteiger partial charge is 0.370 e. The van der Waals surface area contributed by atoms with Crippen molar-refractivity contribution in [3.05, 3.63) is 0 Å². The molecule has 1 aliphatic carbocycles. The Morgan fingerprint density at radius 2 is 2.31 bits per heavy atom. The molecule has 3 rings (SSSR count). The molecule has 0 aromatic carbocycles. The molecule has 0 aromatic rings. The fourth-order valence-corrected chi connectivity index (χ4v) is 5.61. The van der Waals surface area contributed by atoms with Crippen LogP contribution in [-0.4, -0.2) is 29.7 Å². The van der Waals surface area contributed by atoms with E-state index in [0.717, 1.165) is 18.5 Å². The molecule has 0 radical (unpaired) electrons. The van der Waals surface area contributed by atoms with E-state index in [1.165, 1.54) is 12.8 Å². The van der Waals surface area contributed by atoms with Crippen molar-refractivity contribution < 1.29 is 4.79 Å². The van der Waals surface area contributed by atoms with Gasteiger partial charge in [0.1, 0.15) is 0 Å². The van der Waals surface area contributed by atoms with Crippen LogP contribution in [0.15, 0.2) is 0 Å². The van der Waals surface area contributed by atoms with Crippen molar-refractivity contribution in [2.24, 2.45) is 23.5 Å². The standard InChI is InChI=1S/C11H19N3OS/c12-9(15)3-6-1-2-8-10(6)7-4-13-5-14-11(7)16-8/h6-8,10-11,13-14H,1-5H2,(H2,12,15)/t6-,7?,8?,10?,11?/m1/s1. The summed E-state index contributed by atoms with van der Waals surface area (Å²) in [5.41, 5.74) is 5.35. The van der Waals surface area contributed by atoms with Crippen molar-refractivity contribution >= 4 is 17.7 Å². The van der Waals surface area contributed by atoms with E-state index in [1.807, 2.05) is 0 Å². The fourth-order valence-electron chi connectivity index (χ4n) is 3.69. The van der Waals surface area contributed by atoms with Crippen LogP contribution in [-0.2, 0) is 4.79 Å².